The molecular formula is C22H23N3O2. The van der Waals surface area contributed by atoms with Crippen molar-refractivity contribution in [2.24, 2.45) is 11.8 Å². The fraction of sp³-hybridized carbons (Fsp3) is 0.273. The molecule has 0 saturated carbocycles. The maximum atomic E-state index is 12.9. The van der Waals surface area contributed by atoms with Crippen LogP contribution in [0, 0.1) is 11.8 Å². The van der Waals surface area contributed by atoms with Crippen LogP contribution < -0.4 is 15.4 Å². The molecule has 2 atom stereocenters. The molecule has 2 aliphatic rings. The summed E-state index contributed by atoms with van der Waals surface area (Å²) in [7, 11) is 0. The number of ether oxygens (including phenoxy) is 1. The van der Waals surface area contributed by atoms with Crippen LogP contribution in [0.15, 0.2) is 72.6 Å². The highest BCUT2D eigenvalue weighted by Gasteiger charge is 2.34. The average molecular weight is 361 g/mol. The van der Waals surface area contributed by atoms with Gasteiger partial charge in [0.1, 0.15) is 11.5 Å². The van der Waals surface area contributed by atoms with Crippen LogP contribution in [0.5, 0.6) is 11.5 Å². The summed E-state index contributed by atoms with van der Waals surface area (Å²) in [5.74, 6) is 1.54. The first-order valence-electron chi connectivity index (χ1n) is 9.36. The maximum absolute atomic E-state index is 12.9. The Morgan fingerprint density at radius 3 is 2.89 bits per heavy atom. The third kappa shape index (κ3) is 4.26. The molecule has 138 valence electrons. The van der Waals surface area contributed by atoms with Gasteiger partial charge in [-0.25, -0.2) is 0 Å². The monoisotopic (exact) mass is 361 g/mol. The number of hydrogen-bond donors (Lipinski definition) is 2. The van der Waals surface area contributed by atoms with Crippen molar-refractivity contribution in [2.75, 3.05) is 18.4 Å². The number of nitrogens with one attached hydrogen (secondary N) is 2. The van der Waals surface area contributed by atoms with Gasteiger partial charge >= 0.3 is 0 Å². The number of benzene rings is 1. The summed E-state index contributed by atoms with van der Waals surface area (Å²) >= 11 is 0. The third-order valence-electron chi connectivity index (χ3n) is 4.97. The first kappa shape index (κ1) is 17.5. The average Bonchev–Trinajstić information content (AvgIpc) is 3.20. The maximum Gasteiger partial charge on any atom is 0.229 e. The van der Waals surface area contributed by atoms with E-state index in [1.165, 1.54) is 5.57 Å². The standard InChI is InChI=1S/C22H23N3O2/c26-22(21-15-24-14-20(21)16-6-2-1-3-7-16)25-17-8-4-9-18(12-17)27-19-10-5-11-23-13-19/h2,4-13,20-21,24H,1,3,14-15H2,(H,25,26). The molecule has 5 nitrogen and oxygen atoms in total. The molecule has 1 aliphatic carbocycles. The van der Waals surface area contributed by atoms with Crippen molar-refractivity contribution < 1.29 is 9.53 Å². The second-order valence-electron chi connectivity index (χ2n) is 6.86. The van der Waals surface area contributed by atoms with Crippen molar-refractivity contribution in [1.82, 2.24) is 10.3 Å². The van der Waals surface area contributed by atoms with E-state index in [-0.39, 0.29) is 17.7 Å². The van der Waals surface area contributed by atoms with Crippen LogP contribution in [0.2, 0.25) is 0 Å². The van der Waals surface area contributed by atoms with E-state index >= 15 is 0 Å². The number of aromatic nitrogens is 1. The number of allylic oxidation sites excluding steroid dienone is 3. The molecule has 2 heterocycles. The highest BCUT2D eigenvalue weighted by molar-refractivity contribution is 5.93. The van der Waals surface area contributed by atoms with E-state index in [0.29, 0.717) is 18.0 Å². The van der Waals surface area contributed by atoms with E-state index in [2.05, 4.69) is 33.8 Å². The zero-order chi connectivity index (χ0) is 18.5. The lowest BCUT2D eigenvalue weighted by molar-refractivity contribution is -0.120. The molecule has 1 fully saturated rings. The first-order chi connectivity index (χ1) is 13.3. The molecule has 0 bridgehead atoms. The largest absolute Gasteiger partial charge is 0.456 e. The topological polar surface area (TPSA) is 63.2 Å². The number of nitrogens with zero attached hydrogens (tertiary/aromatic N) is 1. The molecule has 1 amide bonds. The number of carbonyl (C=O) groups is 1. The lowest BCUT2D eigenvalue weighted by atomic mass is 9.85. The summed E-state index contributed by atoms with van der Waals surface area (Å²) in [6.07, 6.45) is 12.1. The molecular weight excluding hydrogens is 338 g/mol. The van der Waals surface area contributed by atoms with Crippen LogP contribution in [-0.4, -0.2) is 24.0 Å². The summed E-state index contributed by atoms with van der Waals surface area (Å²) in [4.78, 5) is 16.9. The molecule has 1 aromatic heterocycles. The molecule has 0 spiro atoms. The zero-order valence-electron chi connectivity index (χ0n) is 15.1. The van der Waals surface area contributed by atoms with Gasteiger partial charge in [0.2, 0.25) is 5.91 Å². The van der Waals surface area contributed by atoms with Crippen molar-refractivity contribution in [3.63, 3.8) is 0 Å². The molecule has 2 aromatic rings. The molecule has 27 heavy (non-hydrogen) atoms. The minimum Gasteiger partial charge on any atom is -0.456 e. The van der Waals surface area contributed by atoms with Gasteiger partial charge in [-0.2, -0.15) is 0 Å². The number of anilines is 1. The SMILES string of the molecule is O=C(Nc1cccc(Oc2cccnc2)c1)C1CNCC1C1=CCCC=C1. The van der Waals surface area contributed by atoms with Crippen molar-refractivity contribution in [3.05, 3.63) is 72.6 Å². The van der Waals surface area contributed by atoms with Gasteiger partial charge in [-0.15, -0.1) is 0 Å². The Hall–Kier alpha value is -2.92. The normalized spacial score (nSPS) is 21.6. The van der Waals surface area contributed by atoms with E-state index in [4.69, 9.17) is 4.74 Å². The fourth-order valence-corrected chi connectivity index (χ4v) is 3.63. The van der Waals surface area contributed by atoms with Crippen molar-refractivity contribution in [3.8, 4) is 11.5 Å². The summed E-state index contributed by atoms with van der Waals surface area (Å²) < 4.78 is 5.80. The Bertz CT molecular complexity index is 861. The molecule has 1 saturated heterocycles. The zero-order valence-corrected chi connectivity index (χ0v) is 15.1. The number of rotatable bonds is 5. The van der Waals surface area contributed by atoms with Gasteiger partial charge in [0, 0.05) is 37.0 Å². The Morgan fingerprint density at radius 1 is 1.15 bits per heavy atom. The Morgan fingerprint density at radius 2 is 2.07 bits per heavy atom. The van der Waals surface area contributed by atoms with Crippen LogP contribution in [0.4, 0.5) is 5.69 Å². The van der Waals surface area contributed by atoms with Gasteiger partial charge in [-0.1, -0.05) is 24.3 Å². The van der Waals surface area contributed by atoms with Crippen LogP contribution in [0.25, 0.3) is 0 Å². The molecule has 1 aliphatic heterocycles. The van der Waals surface area contributed by atoms with Crippen LogP contribution in [0.3, 0.4) is 0 Å². The van der Waals surface area contributed by atoms with Crippen LogP contribution >= 0.6 is 0 Å². The van der Waals surface area contributed by atoms with E-state index in [1.54, 1.807) is 12.4 Å². The van der Waals surface area contributed by atoms with Gasteiger partial charge in [0.25, 0.3) is 0 Å². The minimum absolute atomic E-state index is 0.0448. The smallest absolute Gasteiger partial charge is 0.229 e. The lowest BCUT2D eigenvalue weighted by Gasteiger charge is -2.21. The van der Waals surface area contributed by atoms with Crippen LogP contribution in [-0.2, 0) is 4.79 Å². The van der Waals surface area contributed by atoms with Gasteiger partial charge in [-0.05, 0) is 42.7 Å². The van der Waals surface area contributed by atoms with Gasteiger partial charge < -0.3 is 15.4 Å². The van der Waals surface area contributed by atoms with Crippen molar-refractivity contribution in [1.29, 1.82) is 0 Å². The second kappa shape index (κ2) is 8.18. The summed E-state index contributed by atoms with van der Waals surface area (Å²) in [5, 5.41) is 6.42. The second-order valence-corrected chi connectivity index (χ2v) is 6.86. The van der Waals surface area contributed by atoms with E-state index < -0.39 is 0 Å². The van der Waals surface area contributed by atoms with Crippen molar-refractivity contribution in [2.45, 2.75) is 12.8 Å². The molecule has 5 heteroatoms. The quantitative estimate of drug-likeness (QED) is 0.847. The van der Waals surface area contributed by atoms with Gasteiger partial charge in [0.15, 0.2) is 0 Å². The predicted octanol–water partition coefficient (Wildman–Crippen LogP) is 3.92. The molecule has 2 N–H and O–H groups in total. The number of amides is 1. The van der Waals surface area contributed by atoms with E-state index in [0.717, 1.165) is 25.1 Å². The Balaban J connectivity index is 1.44. The van der Waals surface area contributed by atoms with Gasteiger partial charge in [0.05, 0.1) is 12.1 Å². The van der Waals surface area contributed by atoms with Gasteiger partial charge in [-0.3, -0.25) is 9.78 Å². The first-order valence-corrected chi connectivity index (χ1v) is 9.36. The highest BCUT2D eigenvalue weighted by Crippen LogP contribution is 2.30. The Kier molecular flexibility index (Phi) is 5.30. The third-order valence-corrected chi connectivity index (χ3v) is 4.97. The summed E-state index contributed by atoms with van der Waals surface area (Å²) in [5.41, 5.74) is 2.01. The number of pyridine rings is 1. The lowest BCUT2D eigenvalue weighted by Crippen LogP contribution is -2.29. The predicted molar refractivity (Wildman–Crippen MR) is 106 cm³/mol. The number of hydrogen-bond acceptors (Lipinski definition) is 4. The summed E-state index contributed by atoms with van der Waals surface area (Å²) in [6.45, 7) is 1.55. The minimum atomic E-state index is -0.0677. The fourth-order valence-electron chi connectivity index (χ4n) is 3.63. The highest BCUT2D eigenvalue weighted by atomic mass is 16.5. The molecule has 0 radical (unpaired) electrons. The van der Waals surface area contributed by atoms with Crippen molar-refractivity contribution >= 4 is 11.6 Å². The van der Waals surface area contributed by atoms with E-state index in [1.807, 2.05) is 36.4 Å². The van der Waals surface area contributed by atoms with E-state index in [9.17, 15) is 4.79 Å². The van der Waals surface area contributed by atoms with Crippen LogP contribution in [0.1, 0.15) is 12.8 Å². The Labute approximate surface area is 159 Å². The summed E-state index contributed by atoms with van der Waals surface area (Å²) in [6, 6.07) is 11.1. The molecule has 2 unspecified atom stereocenters. The number of carbonyl (C=O) groups excluding carboxylic acids is 1. The molecule has 1 aromatic carbocycles. The molecule has 4 rings (SSSR count).